The van der Waals surface area contributed by atoms with E-state index >= 15 is 0 Å². The monoisotopic (exact) mass is 258 g/mol. The third-order valence-corrected chi connectivity index (χ3v) is 3.34. The lowest BCUT2D eigenvalue weighted by atomic mass is 10.1. The molecule has 0 radical (unpaired) electrons. The Kier molecular flexibility index (Phi) is 3.05. The first-order valence-corrected chi connectivity index (χ1v) is 6.26. The van der Waals surface area contributed by atoms with E-state index in [0.29, 0.717) is 19.4 Å². The van der Waals surface area contributed by atoms with Crippen LogP contribution in [0.4, 0.5) is 0 Å². The molecule has 0 aliphatic carbocycles. The molecule has 2 aromatic rings. The summed E-state index contributed by atoms with van der Waals surface area (Å²) in [5.41, 5.74) is 1.85. The first-order valence-electron chi connectivity index (χ1n) is 6.26. The Morgan fingerprint density at radius 2 is 2.16 bits per heavy atom. The summed E-state index contributed by atoms with van der Waals surface area (Å²) in [6.07, 6.45) is 2.62. The van der Waals surface area contributed by atoms with Gasteiger partial charge in [-0.3, -0.25) is 14.9 Å². The van der Waals surface area contributed by atoms with Crippen LogP contribution in [0.2, 0.25) is 0 Å². The van der Waals surface area contributed by atoms with Gasteiger partial charge in [0.2, 0.25) is 11.8 Å². The van der Waals surface area contributed by atoms with Gasteiger partial charge in [0.15, 0.2) is 0 Å². The van der Waals surface area contributed by atoms with Gasteiger partial charge in [-0.1, -0.05) is 18.2 Å². The van der Waals surface area contributed by atoms with Gasteiger partial charge in [-0.05, 0) is 12.5 Å². The van der Waals surface area contributed by atoms with Crippen molar-refractivity contribution < 1.29 is 14.0 Å². The minimum atomic E-state index is -0.314. The number of amides is 2. The van der Waals surface area contributed by atoms with E-state index in [9.17, 15) is 9.59 Å². The van der Waals surface area contributed by atoms with E-state index < -0.39 is 0 Å². The Morgan fingerprint density at radius 3 is 3.00 bits per heavy atom. The first-order chi connectivity index (χ1) is 9.24. The SMILES string of the molecule is O=C1CCC(NCc2coc3ccccc23)C(=O)N1. The minimum Gasteiger partial charge on any atom is -0.464 e. The average molecular weight is 258 g/mol. The van der Waals surface area contributed by atoms with E-state index in [0.717, 1.165) is 16.5 Å². The summed E-state index contributed by atoms with van der Waals surface area (Å²) in [5, 5.41) is 6.54. The lowest BCUT2D eigenvalue weighted by molar-refractivity contribution is -0.134. The van der Waals surface area contributed by atoms with Crippen LogP contribution in [0.5, 0.6) is 0 Å². The number of para-hydroxylation sites is 1. The molecule has 2 amide bonds. The molecule has 0 bridgehead atoms. The molecule has 1 fully saturated rings. The fourth-order valence-corrected chi connectivity index (χ4v) is 2.29. The molecule has 5 heteroatoms. The molecule has 1 aromatic carbocycles. The van der Waals surface area contributed by atoms with E-state index in [4.69, 9.17) is 4.42 Å². The van der Waals surface area contributed by atoms with Crippen molar-refractivity contribution in [1.29, 1.82) is 0 Å². The van der Waals surface area contributed by atoms with Crippen molar-refractivity contribution >= 4 is 22.8 Å². The minimum absolute atomic E-state index is 0.197. The smallest absolute Gasteiger partial charge is 0.243 e. The highest BCUT2D eigenvalue weighted by Crippen LogP contribution is 2.20. The van der Waals surface area contributed by atoms with E-state index in [-0.39, 0.29) is 17.9 Å². The number of nitrogens with one attached hydrogen (secondary N) is 2. The molecule has 1 atom stereocenters. The summed E-state index contributed by atoms with van der Waals surface area (Å²) in [4.78, 5) is 22.7. The third kappa shape index (κ3) is 2.37. The van der Waals surface area contributed by atoms with E-state index in [1.807, 2.05) is 24.3 Å². The quantitative estimate of drug-likeness (QED) is 0.815. The molecule has 19 heavy (non-hydrogen) atoms. The van der Waals surface area contributed by atoms with Gasteiger partial charge in [-0.25, -0.2) is 0 Å². The molecular formula is C14H14N2O3. The number of carbonyl (C=O) groups excluding carboxylic acids is 2. The number of imide groups is 1. The second-order valence-corrected chi connectivity index (χ2v) is 4.64. The molecule has 1 aromatic heterocycles. The highest BCUT2D eigenvalue weighted by atomic mass is 16.3. The van der Waals surface area contributed by atoms with Gasteiger partial charge in [-0.2, -0.15) is 0 Å². The van der Waals surface area contributed by atoms with Crippen molar-refractivity contribution in [2.45, 2.75) is 25.4 Å². The third-order valence-electron chi connectivity index (χ3n) is 3.34. The lowest BCUT2D eigenvalue weighted by Crippen LogP contribution is -2.50. The molecule has 5 nitrogen and oxygen atoms in total. The predicted molar refractivity (Wildman–Crippen MR) is 69.2 cm³/mol. The summed E-state index contributed by atoms with van der Waals surface area (Å²) >= 11 is 0. The number of furan rings is 1. The fraction of sp³-hybridized carbons (Fsp3) is 0.286. The number of hydrogen-bond acceptors (Lipinski definition) is 4. The summed E-state index contributed by atoms with van der Waals surface area (Å²) in [5.74, 6) is -0.444. The van der Waals surface area contributed by atoms with E-state index in [1.165, 1.54) is 0 Å². The second kappa shape index (κ2) is 4.85. The summed E-state index contributed by atoms with van der Waals surface area (Å²) in [6, 6.07) is 7.45. The molecule has 98 valence electrons. The molecule has 2 N–H and O–H groups in total. The van der Waals surface area contributed by atoms with Gasteiger partial charge in [-0.15, -0.1) is 0 Å². The number of carbonyl (C=O) groups is 2. The van der Waals surface area contributed by atoms with Crippen LogP contribution < -0.4 is 10.6 Å². The molecule has 0 spiro atoms. The predicted octanol–water partition coefficient (Wildman–Crippen LogP) is 1.33. The van der Waals surface area contributed by atoms with Gasteiger partial charge in [0.25, 0.3) is 0 Å². The highest BCUT2D eigenvalue weighted by molar-refractivity contribution is 6.00. The standard InChI is InChI=1S/C14H14N2O3/c17-13-6-5-11(14(18)16-13)15-7-9-8-19-12-4-2-1-3-10(9)12/h1-4,8,11,15H,5-7H2,(H,16,17,18). The topological polar surface area (TPSA) is 71.3 Å². The van der Waals surface area contributed by atoms with Crippen molar-refractivity contribution in [3.63, 3.8) is 0 Å². The highest BCUT2D eigenvalue weighted by Gasteiger charge is 2.26. The van der Waals surface area contributed by atoms with Gasteiger partial charge in [0, 0.05) is 23.9 Å². The summed E-state index contributed by atoms with van der Waals surface area (Å²) in [6.45, 7) is 0.545. The zero-order valence-corrected chi connectivity index (χ0v) is 10.3. The van der Waals surface area contributed by atoms with Crippen molar-refractivity contribution in [2.75, 3.05) is 0 Å². The normalized spacial score (nSPS) is 19.7. The number of fused-ring (bicyclic) bond motifs is 1. The van der Waals surface area contributed by atoms with Crippen LogP contribution >= 0.6 is 0 Å². The van der Waals surface area contributed by atoms with Crippen LogP contribution in [0, 0.1) is 0 Å². The average Bonchev–Trinajstić information content (AvgIpc) is 2.81. The van der Waals surface area contributed by atoms with Crippen LogP contribution in [0.25, 0.3) is 11.0 Å². The van der Waals surface area contributed by atoms with Crippen LogP contribution in [0.15, 0.2) is 34.9 Å². The van der Waals surface area contributed by atoms with Crippen molar-refractivity contribution in [3.05, 3.63) is 36.1 Å². The van der Waals surface area contributed by atoms with E-state index in [1.54, 1.807) is 6.26 Å². The van der Waals surface area contributed by atoms with E-state index in [2.05, 4.69) is 10.6 Å². The molecule has 3 rings (SSSR count). The zero-order valence-electron chi connectivity index (χ0n) is 10.3. The Labute approximate surface area is 110 Å². The number of benzene rings is 1. The summed E-state index contributed by atoms with van der Waals surface area (Å²) in [7, 11) is 0. The largest absolute Gasteiger partial charge is 0.464 e. The lowest BCUT2D eigenvalue weighted by Gasteiger charge is -2.21. The fourth-order valence-electron chi connectivity index (χ4n) is 2.29. The first kappa shape index (κ1) is 11.9. The maximum Gasteiger partial charge on any atom is 0.243 e. The number of rotatable bonds is 3. The van der Waals surface area contributed by atoms with Crippen molar-refractivity contribution in [1.82, 2.24) is 10.6 Å². The van der Waals surface area contributed by atoms with Gasteiger partial charge >= 0.3 is 0 Å². The van der Waals surface area contributed by atoms with Crippen LogP contribution in [-0.2, 0) is 16.1 Å². The Morgan fingerprint density at radius 1 is 1.32 bits per heavy atom. The Balaban J connectivity index is 1.69. The molecule has 2 heterocycles. The van der Waals surface area contributed by atoms with Crippen LogP contribution in [-0.4, -0.2) is 17.9 Å². The van der Waals surface area contributed by atoms with Gasteiger partial charge in [0.1, 0.15) is 5.58 Å². The van der Waals surface area contributed by atoms with Crippen LogP contribution in [0.3, 0.4) is 0 Å². The molecule has 1 saturated heterocycles. The maximum absolute atomic E-state index is 11.6. The molecule has 1 aliphatic heterocycles. The molecule has 0 saturated carbocycles. The Bertz CT molecular complexity index is 632. The zero-order chi connectivity index (χ0) is 13.2. The van der Waals surface area contributed by atoms with Crippen molar-refractivity contribution in [3.8, 4) is 0 Å². The van der Waals surface area contributed by atoms with Gasteiger partial charge in [0.05, 0.1) is 12.3 Å². The van der Waals surface area contributed by atoms with Crippen LogP contribution in [0.1, 0.15) is 18.4 Å². The molecule has 1 unspecified atom stereocenters. The summed E-state index contributed by atoms with van der Waals surface area (Å²) < 4.78 is 5.44. The van der Waals surface area contributed by atoms with Gasteiger partial charge < -0.3 is 9.73 Å². The Hall–Kier alpha value is -2.14. The number of piperidine rings is 1. The maximum atomic E-state index is 11.6. The number of hydrogen-bond donors (Lipinski definition) is 2. The second-order valence-electron chi connectivity index (χ2n) is 4.64. The van der Waals surface area contributed by atoms with Crippen molar-refractivity contribution in [2.24, 2.45) is 0 Å². The molecule has 1 aliphatic rings. The molecular weight excluding hydrogens is 244 g/mol.